The van der Waals surface area contributed by atoms with Crippen molar-refractivity contribution >= 4 is 16.8 Å². The molecule has 0 radical (unpaired) electrons. The van der Waals surface area contributed by atoms with Crippen molar-refractivity contribution in [2.75, 3.05) is 7.05 Å². The molecular formula is C27H35N3O2. The van der Waals surface area contributed by atoms with Crippen molar-refractivity contribution in [1.29, 1.82) is 0 Å². The van der Waals surface area contributed by atoms with E-state index in [9.17, 15) is 9.59 Å². The molecule has 2 atom stereocenters. The molecule has 0 aliphatic rings. The van der Waals surface area contributed by atoms with Gasteiger partial charge in [-0.1, -0.05) is 57.9 Å². The van der Waals surface area contributed by atoms with Gasteiger partial charge in [-0.25, -0.2) is 4.98 Å². The maximum absolute atomic E-state index is 13.6. The number of carbonyl (C=O) groups is 1. The molecule has 3 aromatic rings. The summed E-state index contributed by atoms with van der Waals surface area (Å²) in [6, 6.07) is 15.0. The van der Waals surface area contributed by atoms with E-state index >= 15 is 0 Å². The average Bonchev–Trinajstić information content (AvgIpc) is 2.80. The van der Waals surface area contributed by atoms with E-state index in [0.29, 0.717) is 23.1 Å². The Kier molecular flexibility index (Phi) is 7.84. The Hall–Kier alpha value is -2.95. The lowest BCUT2D eigenvalue weighted by Gasteiger charge is -2.31. The largest absolute Gasteiger partial charge is 0.335 e. The second-order valence-corrected chi connectivity index (χ2v) is 8.59. The maximum atomic E-state index is 13.6. The van der Waals surface area contributed by atoms with Crippen LogP contribution in [-0.4, -0.2) is 27.4 Å². The minimum atomic E-state index is -0.295. The number of fused-ring (bicyclic) bond motifs is 1. The minimum Gasteiger partial charge on any atom is -0.335 e. The van der Waals surface area contributed by atoms with Crippen molar-refractivity contribution in [1.82, 2.24) is 14.5 Å². The van der Waals surface area contributed by atoms with Crippen LogP contribution >= 0.6 is 0 Å². The van der Waals surface area contributed by atoms with Crippen molar-refractivity contribution in [3.05, 3.63) is 70.3 Å². The van der Waals surface area contributed by atoms with Gasteiger partial charge < -0.3 is 4.90 Å². The van der Waals surface area contributed by atoms with Crippen LogP contribution in [0.15, 0.2) is 53.3 Å². The van der Waals surface area contributed by atoms with Crippen LogP contribution < -0.4 is 5.56 Å². The molecule has 170 valence electrons. The summed E-state index contributed by atoms with van der Waals surface area (Å²) in [6.45, 7) is 8.28. The van der Waals surface area contributed by atoms with Crippen LogP contribution in [0, 0.1) is 12.8 Å². The van der Waals surface area contributed by atoms with Gasteiger partial charge in [0.15, 0.2) is 0 Å². The van der Waals surface area contributed by atoms with E-state index in [1.165, 1.54) is 0 Å². The lowest BCUT2D eigenvalue weighted by atomic mass is 9.96. The summed E-state index contributed by atoms with van der Waals surface area (Å²) in [4.78, 5) is 33.8. The molecule has 2 unspecified atom stereocenters. The van der Waals surface area contributed by atoms with Gasteiger partial charge >= 0.3 is 0 Å². The van der Waals surface area contributed by atoms with Crippen LogP contribution in [0.1, 0.15) is 70.3 Å². The van der Waals surface area contributed by atoms with Crippen molar-refractivity contribution in [2.24, 2.45) is 5.92 Å². The second kappa shape index (κ2) is 10.6. The number of hydrogen-bond donors (Lipinski definition) is 0. The van der Waals surface area contributed by atoms with Gasteiger partial charge in [0, 0.05) is 13.0 Å². The number of para-hydroxylation sites is 1. The van der Waals surface area contributed by atoms with Gasteiger partial charge in [0.25, 0.3) is 5.56 Å². The van der Waals surface area contributed by atoms with E-state index in [0.717, 1.165) is 36.9 Å². The highest BCUT2D eigenvalue weighted by atomic mass is 16.2. The molecule has 5 nitrogen and oxygen atoms in total. The summed E-state index contributed by atoms with van der Waals surface area (Å²) in [7, 11) is 1.85. The lowest BCUT2D eigenvalue weighted by Crippen LogP contribution is -2.39. The SMILES string of the molecule is CCCCC(CC)C(=O)N(C)C(CC)c1nc2ccccc2c(=O)n1-c1cccc(C)c1. The highest BCUT2D eigenvalue weighted by molar-refractivity contribution is 5.80. The molecule has 2 aromatic carbocycles. The number of aryl methyl sites for hydroxylation is 1. The third-order valence-electron chi connectivity index (χ3n) is 6.31. The zero-order valence-electron chi connectivity index (χ0n) is 20.0. The molecule has 0 aliphatic heterocycles. The number of hydrogen-bond acceptors (Lipinski definition) is 3. The first-order chi connectivity index (χ1) is 15.4. The first-order valence-corrected chi connectivity index (χ1v) is 11.8. The van der Waals surface area contributed by atoms with Crippen molar-refractivity contribution in [3.63, 3.8) is 0 Å². The van der Waals surface area contributed by atoms with E-state index in [4.69, 9.17) is 4.98 Å². The van der Waals surface area contributed by atoms with Crippen LogP contribution in [0.25, 0.3) is 16.6 Å². The summed E-state index contributed by atoms with van der Waals surface area (Å²) in [5.74, 6) is 0.739. The third-order valence-corrected chi connectivity index (χ3v) is 6.31. The number of unbranched alkanes of at least 4 members (excludes halogenated alkanes) is 1. The average molecular weight is 434 g/mol. The first-order valence-electron chi connectivity index (χ1n) is 11.8. The fourth-order valence-corrected chi connectivity index (χ4v) is 4.41. The fourth-order valence-electron chi connectivity index (χ4n) is 4.41. The molecule has 1 heterocycles. The molecule has 0 aliphatic carbocycles. The predicted molar refractivity (Wildman–Crippen MR) is 131 cm³/mol. The Bertz CT molecular complexity index is 1140. The Morgan fingerprint density at radius 3 is 2.47 bits per heavy atom. The lowest BCUT2D eigenvalue weighted by molar-refractivity contribution is -0.137. The van der Waals surface area contributed by atoms with Gasteiger partial charge in [-0.3, -0.25) is 14.2 Å². The Morgan fingerprint density at radius 1 is 1.06 bits per heavy atom. The number of benzene rings is 2. The molecule has 0 saturated heterocycles. The Morgan fingerprint density at radius 2 is 1.81 bits per heavy atom. The number of rotatable bonds is 9. The summed E-state index contributed by atoms with van der Waals surface area (Å²) in [5.41, 5.74) is 2.40. The van der Waals surface area contributed by atoms with Gasteiger partial charge in [-0.15, -0.1) is 0 Å². The van der Waals surface area contributed by atoms with Crippen molar-refractivity contribution < 1.29 is 4.79 Å². The van der Waals surface area contributed by atoms with Crippen molar-refractivity contribution in [2.45, 2.75) is 65.8 Å². The number of aromatic nitrogens is 2. The standard InChI is InChI=1S/C27H35N3O2/c1-6-9-14-20(7-2)26(31)29(5)24(8-3)25-28-23-17-11-10-16-22(23)27(32)30(25)21-15-12-13-19(4)18-21/h10-13,15-18,20,24H,6-9,14H2,1-5H3. The van der Waals surface area contributed by atoms with E-state index < -0.39 is 0 Å². The molecule has 3 rings (SSSR count). The molecular weight excluding hydrogens is 398 g/mol. The first kappa shape index (κ1) is 23.7. The van der Waals surface area contributed by atoms with E-state index in [1.54, 1.807) is 4.57 Å². The molecule has 0 saturated carbocycles. The quantitative estimate of drug-likeness (QED) is 0.427. The molecule has 5 heteroatoms. The summed E-state index contributed by atoms with van der Waals surface area (Å²) in [6.07, 6.45) is 4.49. The Labute approximate surface area is 191 Å². The second-order valence-electron chi connectivity index (χ2n) is 8.59. The highest BCUT2D eigenvalue weighted by Gasteiger charge is 2.29. The summed E-state index contributed by atoms with van der Waals surface area (Å²) >= 11 is 0. The zero-order chi connectivity index (χ0) is 23.3. The zero-order valence-corrected chi connectivity index (χ0v) is 20.0. The monoisotopic (exact) mass is 433 g/mol. The normalized spacial score (nSPS) is 13.2. The number of nitrogens with zero attached hydrogens (tertiary/aromatic N) is 3. The number of amides is 1. The molecule has 32 heavy (non-hydrogen) atoms. The molecule has 0 bridgehead atoms. The summed E-state index contributed by atoms with van der Waals surface area (Å²) in [5, 5.41) is 0.580. The minimum absolute atomic E-state index is 0.00593. The van der Waals surface area contributed by atoms with Crippen LogP contribution in [0.4, 0.5) is 0 Å². The molecule has 0 N–H and O–H groups in total. The fraction of sp³-hybridized carbons (Fsp3) is 0.444. The van der Waals surface area contributed by atoms with Crippen LogP contribution in [0.3, 0.4) is 0 Å². The molecule has 0 fully saturated rings. The molecule has 1 aromatic heterocycles. The molecule has 1 amide bonds. The van der Waals surface area contributed by atoms with E-state index in [-0.39, 0.29) is 23.4 Å². The van der Waals surface area contributed by atoms with E-state index in [1.807, 2.05) is 74.3 Å². The summed E-state index contributed by atoms with van der Waals surface area (Å²) < 4.78 is 1.69. The van der Waals surface area contributed by atoms with Gasteiger partial charge in [-0.05, 0) is 56.0 Å². The Balaban J connectivity index is 2.17. The van der Waals surface area contributed by atoms with Crippen molar-refractivity contribution in [3.8, 4) is 5.69 Å². The third kappa shape index (κ3) is 4.77. The van der Waals surface area contributed by atoms with Crippen LogP contribution in [0.5, 0.6) is 0 Å². The highest BCUT2D eigenvalue weighted by Crippen LogP contribution is 2.28. The number of carbonyl (C=O) groups excluding carboxylic acids is 1. The van der Waals surface area contributed by atoms with Crippen LogP contribution in [-0.2, 0) is 4.79 Å². The predicted octanol–water partition coefficient (Wildman–Crippen LogP) is 5.82. The topological polar surface area (TPSA) is 55.2 Å². The van der Waals surface area contributed by atoms with Gasteiger partial charge in [-0.2, -0.15) is 0 Å². The van der Waals surface area contributed by atoms with Gasteiger partial charge in [0.05, 0.1) is 22.6 Å². The van der Waals surface area contributed by atoms with Crippen LogP contribution in [0.2, 0.25) is 0 Å². The van der Waals surface area contributed by atoms with Gasteiger partial charge in [0.1, 0.15) is 5.82 Å². The van der Waals surface area contributed by atoms with Gasteiger partial charge in [0.2, 0.25) is 5.91 Å². The smallest absolute Gasteiger partial charge is 0.266 e. The van der Waals surface area contributed by atoms with E-state index in [2.05, 4.69) is 13.8 Å². The molecule has 0 spiro atoms. The maximum Gasteiger partial charge on any atom is 0.266 e.